The van der Waals surface area contributed by atoms with E-state index in [9.17, 15) is 9.90 Å². The van der Waals surface area contributed by atoms with Crippen molar-refractivity contribution in [3.8, 4) is 11.5 Å². The van der Waals surface area contributed by atoms with E-state index in [4.69, 9.17) is 4.74 Å². The van der Waals surface area contributed by atoms with E-state index in [1.165, 1.54) is 18.9 Å². The highest BCUT2D eigenvalue weighted by atomic mass is 16.5. The van der Waals surface area contributed by atoms with Crippen molar-refractivity contribution in [2.24, 2.45) is 5.92 Å². The van der Waals surface area contributed by atoms with Gasteiger partial charge in [0.15, 0.2) is 5.75 Å². The van der Waals surface area contributed by atoms with E-state index in [1.54, 1.807) is 18.2 Å². The first-order valence-electron chi connectivity index (χ1n) is 5.17. The summed E-state index contributed by atoms with van der Waals surface area (Å²) >= 11 is 0. The molecule has 0 heterocycles. The Balaban J connectivity index is 2.24. The van der Waals surface area contributed by atoms with E-state index < -0.39 is 5.43 Å². The molecule has 3 heteroatoms. The van der Waals surface area contributed by atoms with Crippen molar-refractivity contribution < 1.29 is 9.84 Å². The predicted molar refractivity (Wildman–Crippen MR) is 57.2 cm³/mol. The summed E-state index contributed by atoms with van der Waals surface area (Å²) in [6, 6.07) is 6.23. The van der Waals surface area contributed by atoms with Crippen LogP contribution in [0.4, 0.5) is 0 Å². The predicted octanol–water partition coefficient (Wildman–Crippen LogP) is 1.93. The minimum atomic E-state index is -0.405. The molecule has 3 nitrogen and oxygen atoms in total. The van der Waals surface area contributed by atoms with Gasteiger partial charge in [0, 0.05) is 0 Å². The van der Waals surface area contributed by atoms with Gasteiger partial charge in [-0.05, 0) is 37.8 Å². The van der Waals surface area contributed by atoms with Crippen molar-refractivity contribution in [2.45, 2.75) is 25.9 Å². The maximum Gasteiger partial charge on any atom is 0.224 e. The van der Waals surface area contributed by atoms with E-state index >= 15 is 0 Å². The van der Waals surface area contributed by atoms with E-state index in [2.05, 4.69) is 0 Å². The summed E-state index contributed by atoms with van der Waals surface area (Å²) in [7, 11) is 0. The SMILES string of the molecule is C[C@H](Oc1ccccc(=O)c1O)C1CC1. The number of hydrogen-bond acceptors (Lipinski definition) is 3. The molecule has 1 aromatic carbocycles. The second-order valence-corrected chi connectivity index (χ2v) is 3.96. The third-order valence-electron chi connectivity index (χ3n) is 2.67. The molecule has 1 aliphatic rings. The lowest BCUT2D eigenvalue weighted by atomic mass is 10.2. The molecule has 0 aliphatic heterocycles. The van der Waals surface area contributed by atoms with Gasteiger partial charge in [0.25, 0.3) is 0 Å². The molecule has 1 N–H and O–H groups in total. The highest BCUT2D eigenvalue weighted by molar-refractivity contribution is 5.37. The van der Waals surface area contributed by atoms with Gasteiger partial charge in [-0.3, -0.25) is 4.79 Å². The molecule has 80 valence electrons. The Morgan fingerprint density at radius 2 is 2.07 bits per heavy atom. The van der Waals surface area contributed by atoms with Gasteiger partial charge in [0.05, 0.1) is 6.10 Å². The summed E-state index contributed by atoms with van der Waals surface area (Å²) in [6.07, 6.45) is 2.41. The molecule has 1 atom stereocenters. The molecular formula is C12H14O3. The normalized spacial score (nSPS) is 17.1. The first-order chi connectivity index (χ1) is 7.18. The Labute approximate surface area is 88.3 Å². The maximum atomic E-state index is 11.3. The Kier molecular flexibility index (Phi) is 2.62. The highest BCUT2D eigenvalue weighted by Crippen LogP contribution is 2.35. The van der Waals surface area contributed by atoms with Crippen LogP contribution in [0, 0.1) is 5.92 Å². The van der Waals surface area contributed by atoms with E-state index in [-0.39, 0.29) is 17.6 Å². The van der Waals surface area contributed by atoms with Crippen molar-refractivity contribution in [2.75, 3.05) is 0 Å². The average Bonchev–Trinajstić information content (AvgIpc) is 3.02. The lowest BCUT2D eigenvalue weighted by Gasteiger charge is -2.13. The lowest BCUT2D eigenvalue weighted by Crippen LogP contribution is -2.14. The molecular weight excluding hydrogens is 192 g/mol. The van der Waals surface area contributed by atoms with Crippen molar-refractivity contribution in [1.29, 1.82) is 0 Å². The van der Waals surface area contributed by atoms with Crippen LogP contribution in [0.2, 0.25) is 0 Å². The van der Waals surface area contributed by atoms with Crippen LogP contribution in [0.25, 0.3) is 0 Å². The van der Waals surface area contributed by atoms with Crippen molar-refractivity contribution in [1.82, 2.24) is 0 Å². The van der Waals surface area contributed by atoms with Crippen molar-refractivity contribution >= 4 is 0 Å². The average molecular weight is 206 g/mol. The van der Waals surface area contributed by atoms with E-state index in [0.717, 1.165) is 0 Å². The molecule has 0 bridgehead atoms. The molecule has 0 amide bonds. The first-order valence-corrected chi connectivity index (χ1v) is 5.17. The molecule has 0 unspecified atom stereocenters. The summed E-state index contributed by atoms with van der Waals surface area (Å²) in [5, 5.41) is 9.57. The Morgan fingerprint density at radius 3 is 2.73 bits per heavy atom. The van der Waals surface area contributed by atoms with Gasteiger partial charge in [-0.15, -0.1) is 0 Å². The summed E-state index contributed by atoms with van der Waals surface area (Å²) in [4.78, 5) is 11.3. The molecule has 1 aliphatic carbocycles. The van der Waals surface area contributed by atoms with Gasteiger partial charge in [-0.1, -0.05) is 12.1 Å². The standard InChI is InChI=1S/C12H14O3/c1-8(9-6-7-9)15-11-5-3-2-4-10(13)12(11)14/h2-5,8-9H,6-7H2,1H3,(H,13,14)/t8-/m0/s1. The largest absolute Gasteiger partial charge is 0.502 e. The zero-order valence-corrected chi connectivity index (χ0v) is 8.64. The Morgan fingerprint density at radius 1 is 1.40 bits per heavy atom. The van der Waals surface area contributed by atoms with Gasteiger partial charge >= 0.3 is 0 Å². The minimum absolute atomic E-state index is 0.0673. The first kappa shape index (κ1) is 10.0. The fourth-order valence-electron chi connectivity index (χ4n) is 1.52. The molecule has 0 radical (unpaired) electrons. The van der Waals surface area contributed by atoms with Crippen LogP contribution < -0.4 is 10.2 Å². The molecule has 0 aromatic heterocycles. The monoisotopic (exact) mass is 206 g/mol. The van der Waals surface area contributed by atoms with Crippen LogP contribution >= 0.6 is 0 Å². The molecule has 1 fully saturated rings. The molecule has 1 saturated carbocycles. The van der Waals surface area contributed by atoms with Gasteiger partial charge in [-0.2, -0.15) is 0 Å². The second kappa shape index (κ2) is 3.93. The smallest absolute Gasteiger partial charge is 0.224 e. The topological polar surface area (TPSA) is 46.5 Å². The molecule has 0 saturated heterocycles. The number of aromatic hydroxyl groups is 1. The summed E-state index contributed by atoms with van der Waals surface area (Å²) in [6.45, 7) is 1.97. The zero-order chi connectivity index (χ0) is 10.8. The van der Waals surface area contributed by atoms with Gasteiger partial charge < -0.3 is 9.84 Å². The maximum absolute atomic E-state index is 11.3. The number of rotatable bonds is 3. The molecule has 2 rings (SSSR count). The minimum Gasteiger partial charge on any atom is -0.502 e. The molecule has 1 aromatic rings. The molecule has 15 heavy (non-hydrogen) atoms. The fourth-order valence-corrected chi connectivity index (χ4v) is 1.52. The van der Waals surface area contributed by atoms with E-state index in [0.29, 0.717) is 5.92 Å². The van der Waals surface area contributed by atoms with Crippen LogP contribution in [-0.4, -0.2) is 11.2 Å². The van der Waals surface area contributed by atoms with Gasteiger partial charge in [-0.25, -0.2) is 0 Å². The van der Waals surface area contributed by atoms with Crippen LogP contribution in [0.5, 0.6) is 11.5 Å². The van der Waals surface area contributed by atoms with Gasteiger partial charge in [0.1, 0.15) is 0 Å². The molecule has 0 spiro atoms. The van der Waals surface area contributed by atoms with Crippen molar-refractivity contribution in [3.63, 3.8) is 0 Å². The van der Waals surface area contributed by atoms with Crippen LogP contribution in [0.1, 0.15) is 19.8 Å². The second-order valence-electron chi connectivity index (χ2n) is 3.96. The quantitative estimate of drug-likeness (QED) is 0.822. The van der Waals surface area contributed by atoms with Crippen LogP contribution in [0.3, 0.4) is 0 Å². The van der Waals surface area contributed by atoms with Gasteiger partial charge in [0.2, 0.25) is 11.2 Å². The Hall–Kier alpha value is -1.51. The van der Waals surface area contributed by atoms with Crippen LogP contribution in [-0.2, 0) is 0 Å². The highest BCUT2D eigenvalue weighted by Gasteiger charge is 2.29. The summed E-state index contributed by atoms with van der Waals surface area (Å²) in [5.41, 5.74) is -0.405. The third-order valence-corrected chi connectivity index (χ3v) is 2.67. The third kappa shape index (κ3) is 2.29. The zero-order valence-electron chi connectivity index (χ0n) is 8.64. The van der Waals surface area contributed by atoms with Crippen molar-refractivity contribution in [3.05, 3.63) is 34.5 Å². The van der Waals surface area contributed by atoms with Crippen LogP contribution in [0.15, 0.2) is 29.1 Å². The lowest BCUT2D eigenvalue weighted by molar-refractivity contribution is 0.190. The number of ether oxygens (including phenoxy) is 1. The summed E-state index contributed by atoms with van der Waals surface area (Å²) in [5.74, 6) is 0.557. The summed E-state index contributed by atoms with van der Waals surface area (Å²) < 4.78 is 5.56. The Bertz CT molecular complexity index is 410. The van der Waals surface area contributed by atoms with E-state index in [1.807, 2.05) is 6.92 Å². The number of hydrogen-bond donors (Lipinski definition) is 1. The fraction of sp³-hybridized carbons (Fsp3) is 0.417.